The lowest BCUT2D eigenvalue weighted by molar-refractivity contribution is -0.131. The third kappa shape index (κ3) is 4.81. The molecule has 2 aliphatic rings. The quantitative estimate of drug-likeness (QED) is 0.503. The molecule has 1 amide bonds. The summed E-state index contributed by atoms with van der Waals surface area (Å²) in [7, 11) is 1.86. The van der Waals surface area contributed by atoms with Crippen LogP contribution in [0.1, 0.15) is 35.6 Å². The summed E-state index contributed by atoms with van der Waals surface area (Å²) in [5.41, 5.74) is 6.03. The summed E-state index contributed by atoms with van der Waals surface area (Å²) < 4.78 is 0. The zero-order chi connectivity index (χ0) is 25.4. The monoisotopic (exact) mass is 503 g/mol. The lowest BCUT2D eigenvalue weighted by Crippen LogP contribution is -2.46. The second-order valence-corrected chi connectivity index (χ2v) is 10.1. The fourth-order valence-electron chi connectivity index (χ4n) is 5.14. The van der Waals surface area contributed by atoms with E-state index in [1.807, 2.05) is 61.0 Å². The first-order chi connectivity index (χ1) is 17.3. The number of rotatable bonds is 5. The maximum absolute atomic E-state index is 14.1. The molecule has 2 atom stereocenters. The molecule has 0 saturated carbocycles. The Balaban J connectivity index is 1.61. The standard InChI is InChI=1S/C28H30ClN5O2/c1-17-7-20(29)11-22(8-17)34-16-32-26-9-18(2)24(19-10-23(35)14-30-13-19)12-25(26)27(34)28(36)33(3)15-21-5-4-6-31-21/h7-14,16,21,27,31,35H,4-6,15H2,1-3H3/t21-,27?/m0/s1. The average molecular weight is 504 g/mol. The number of fused-ring (bicyclic) bond motifs is 1. The highest BCUT2D eigenvalue weighted by atomic mass is 35.5. The minimum atomic E-state index is -0.619. The summed E-state index contributed by atoms with van der Waals surface area (Å²) in [6.07, 6.45) is 7.04. The minimum absolute atomic E-state index is 0.0161. The normalized spacial score (nSPS) is 18.8. The predicted molar refractivity (Wildman–Crippen MR) is 144 cm³/mol. The van der Waals surface area contributed by atoms with Gasteiger partial charge in [0.05, 0.1) is 18.2 Å². The lowest BCUT2D eigenvalue weighted by Gasteiger charge is -2.36. The molecule has 36 heavy (non-hydrogen) atoms. The van der Waals surface area contributed by atoms with Crippen molar-refractivity contribution >= 4 is 35.2 Å². The summed E-state index contributed by atoms with van der Waals surface area (Å²) in [5, 5.41) is 14.1. The molecule has 0 bridgehead atoms. The second-order valence-electron chi connectivity index (χ2n) is 9.71. The first-order valence-corrected chi connectivity index (χ1v) is 12.5. The van der Waals surface area contributed by atoms with Crippen LogP contribution in [0.15, 0.2) is 53.8 Å². The number of amides is 1. The molecule has 7 nitrogen and oxygen atoms in total. The van der Waals surface area contributed by atoms with E-state index in [1.165, 1.54) is 6.20 Å². The SMILES string of the molecule is Cc1cc(Cl)cc(N2C=Nc3cc(C)c(-c4cncc(O)c4)cc3C2C(=O)N(C)C[C@@H]2CCCN2)c1. The van der Waals surface area contributed by atoms with Crippen LogP contribution in [0.5, 0.6) is 5.75 Å². The number of anilines is 1. The van der Waals surface area contributed by atoms with E-state index < -0.39 is 6.04 Å². The van der Waals surface area contributed by atoms with Gasteiger partial charge < -0.3 is 20.2 Å². The highest BCUT2D eigenvalue weighted by Gasteiger charge is 2.35. The topological polar surface area (TPSA) is 81.1 Å². The van der Waals surface area contributed by atoms with E-state index in [0.29, 0.717) is 17.6 Å². The summed E-state index contributed by atoms with van der Waals surface area (Å²) in [6, 6.07) is 11.1. The Morgan fingerprint density at radius 2 is 2.03 bits per heavy atom. The highest BCUT2D eigenvalue weighted by Crippen LogP contribution is 2.41. The number of aromatic nitrogens is 1. The number of halogens is 1. The number of likely N-dealkylation sites (N-methyl/N-ethyl adjacent to an activating group) is 1. The molecule has 8 heteroatoms. The fourth-order valence-corrected chi connectivity index (χ4v) is 5.43. The van der Waals surface area contributed by atoms with E-state index in [1.54, 1.807) is 18.6 Å². The van der Waals surface area contributed by atoms with E-state index in [2.05, 4.69) is 10.3 Å². The predicted octanol–water partition coefficient (Wildman–Crippen LogP) is 5.16. The van der Waals surface area contributed by atoms with E-state index in [-0.39, 0.29) is 11.7 Å². The molecule has 1 unspecified atom stereocenters. The molecule has 186 valence electrons. The Morgan fingerprint density at radius 1 is 1.19 bits per heavy atom. The van der Waals surface area contributed by atoms with E-state index >= 15 is 0 Å². The number of pyridine rings is 1. The van der Waals surface area contributed by atoms with Crippen molar-refractivity contribution in [2.45, 2.75) is 38.8 Å². The molecule has 1 fully saturated rings. The van der Waals surface area contributed by atoms with Crippen LogP contribution in [0.3, 0.4) is 0 Å². The van der Waals surface area contributed by atoms with Crippen LogP contribution in [0.2, 0.25) is 5.02 Å². The Bertz CT molecular complexity index is 1320. The molecule has 1 saturated heterocycles. The van der Waals surface area contributed by atoms with E-state index in [4.69, 9.17) is 16.6 Å². The van der Waals surface area contributed by atoms with Gasteiger partial charge in [-0.1, -0.05) is 11.6 Å². The third-order valence-electron chi connectivity index (χ3n) is 6.89. The van der Waals surface area contributed by atoms with Gasteiger partial charge in [-0.25, -0.2) is 4.99 Å². The number of hydrogen-bond donors (Lipinski definition) is 2. The van der Waals surface area contributed by atoms with Crippen molar-refractivity contribution in [3.05, 3.63) is 70.5 Å². The van der Waals surface area contributed by atoms with Gasteiger partial charge >= 0.3 is 0 Å². The number of carbonyl (C=O) groups is 1. The molecule has 3 heterocycles. The lowest BCUT2D eigenvalue weighted by atomic mass is 9.92. The summed E-state index contributed by atoms with van der Waals surface area (Å²) in [4.78, 5) is 26.7. The number of carbonyl (C=O) groups excluding carboxylic acids is 1. The zero-order valence-electron chi connectivity index (χ0n) is 20.7. The number of benzene rings is 2. The van der Waals surface area contributed by atoms with Crippen LogP contribution >= 0.6 is 11.6 Å². The second kappa shape index (κ2) is 9.91. The molecule has 0 spiro atoms. The minimum Gasteiger partial charge on any atom is -0.506 e. The van der Waals surface area contributed by atoms with Crippen molar-refractivity contribution in [2.75, 3.05) is 25.0 Å². The molecule has 1 aromatic heterocycles. The number of nitrogens with one attached hydrogen (secondary N) is 1. The number of aliphatic imine (C=N–C) groups is 1. The Morgan fingerprint density at radius 3 is 2.75 bits per heavy atom. The molecule has 0 aliphatic carbocycles. The average Bonchev–Trinajstić information content (AvgIpc) is 3.35. The largest absolute Gasteiger partial charge is 0.506 e. The zero-order valence-corrected chi connectivity index (χ0v) is 21.5. The summed E-state index contributed by atoms with van der Waals surface area (Å²) in [6.45, 7) is 5.60. The van der Waals surface area contributed by atoms with Crippen molar-refractivity contribution in [3.8, 4) is 16.9 Å². The number of aromatic hydroxyl groups is 1. The first kappa shape index (κ1) is 24.3. The van der Waals surface area contributed by atoms with Gasteiger partial charge in [-0.2, -0.15) is 0 Å². The van der Waals surface area contributed by atoms with Crippen molar-refractivity contribution in [2.24, 2.45) is 4.99 Å². The highest BCUT2D eigenvalue weighted by molar-refractivity contribution is 6.31. The maximum Gasteiger partial charge on any atom is 0.250 e. The Hall–Kier alpha value is -3.42. The van der Waals surface area contributed by atoms with E-state index in [9.17, 15) is 9.90 Å². The molecule has 2 aliphatic heterocycles. The van der Waals surface area contributed by atoms with Gasteiger partial charge in [0.25, 0.3) is 0 Å². The summed E-state index contributed by atoms with van der Waals surface area (Å²) in [5.74, 6) is 0.0765. The van der Waals surface area contributed by atoms with E-state index in [0.717, 1.165) is 58.6 Å². The molecule has 5 rings (SSSR count). The van der Waals surface area contributed by atoms with Gasteiger partial charge in [0.2, 0.25) is 5.91 Å². The van der Waals surface area contributed by atoms with Crippen LogP contribution in [-0.2, 0) is 4.79 Å². The van der Waals surface area contributed by atoms with Crippen LogP contribution in [0.4, 0.5) is 11.4 Å². The van der Waals surface area contributed by atoms with Crippen LogP contribution in [-0.4, -0.2) is 53.4 Å². The molecule has 2 aromatic carbocycles. The van der Waals surface area contributed by atoms with Gasteiger partial charge in [0, 0.05) is 47.7 Å². The molecule has 2 N–H and O–H groups in total. The smallest absolute Gasteiger partial charge is 0.250 e. The number of aryl methyl sites for hydroxylation is 2. The number of nitrogens with zero attached hydrogens (tertiary/aromatic N) is 4. The number of hydrogen-bond acceptors (Lipinski definition) is 6. The van der Waals surface area contributed by atoms with Gasteiger partial charge in [-0.05, 0) is 86.3 Å². The van der Waals surface area contributed by atoms with Gasteiger partial charge in [0.1, 0.15) is 11.8 Å². The van der Waals surface area contributed by atoms with Crippen molar-refractivity contribution in [1.29, 1.82) is 0 Å². The van der Waals surface area contributed by atoms with Gasteiger partial charge in [-0.3, -0.25) is 9.78 Å². The van der Waals surface area contributed by atoms with Gasteiger partial charge in [-0.15, -0.1) is 0 Å². The fraction of sp³-hybridized carbons (Fsp3) is 0.321. The first-order valence-electron chi connectivity index (χ1n) is 12.2. The third-order valence-corrected chi connectivity index (χ3v) is 7.11. The van der Waals surface area contributed by atoms with Crippen LogP contribution in [0, 0.1) is 13.8 Å². The van der Waals surface area contributed by atoms with Gasteiger partial charge in [0.15, 0.2) is 0 Å². The Labute approximate surface area is 216 Å². The molecular formula is C28H30ClN5O2. The van der Waals surface area contributed by atoms with Crippen LogP contribution in [0.25, 0.3) is 11.1 Å². The van der Waals surface area contributed by atoms with Crippen molar-refractivity contribution in [3.63, 3.8) is 0 Å². The Kier molecular flexibility index (Phi) is 6.69. The summed E-state index contributed by atoms with van der Waals surface area (Å²) >= 11 is 6.41. The maximum atomic E-state index is 14.1. The molecule has 3 aromatic rings. The van der Waals surface area contributed by atoms with Crippen molar-refractivity contribution < 1.29 is 9.90 Å². The van der Waals surface area contributed by atoms with Crippen molar-refractivity contribution in [1.82, 2.24) is 15.2 Å². The molecular weight excluding hydrogens is 474 g/mol. The molecule has 0 radical (unpaired) electrons. The van der Waals surface area contributed by atoms with Crippen LogP contribution < -0.4 is 10.2 Å².